The number of rotatable bonds is 2. The van der Waals surface area contributed by atoms with Crippen LogP contribution in [0.15, 0.2) is 11.6 Å². The number of halogens is 1. The maximum atomic E-state index is 9.69. The Hall–Kier alpha value is -0.700. The molecule has 0 saturated heterocycles. The van der Waals surface area contributed by atoms with Gasteiger partial charge in [0.15, 0.2) is 0 Å². The normalized spacial score (nSPS) is 9.62. The third kappa shape index (κ3) is 5.30. The van der Waals surface area contributed by atoms with E-state index in [9.17, 15) is 4.79 Å². The van der Waals surface area contributed by atoms with Crippen LogP contribution >= 0.6 is 11.6 Å². The number of amides is 1. The molecule has 46 valence electrons. The Balaban J connectivity index is 3.05. The highest BCUT2D eigenvalue weighted by Crippen LogP contribution is 1.74. The molecule has 0 aromatic heterocycles. The number of carbonyl (C=O) groups is 1. The summed E-state index contributed by atoms with van der Waals surface area (Å²) in [4.78, 5) is 9.69. The zero-order valence-corrected chi connectivity index (χ0v) is 4.85. The van der Waals surface area contributed by atoms with E-state index in [4.69, 9.17) is 16.7 Å². The average Bonchev–Trinajstić information content (AvgIpc) is 1.66. The van der Waals surface area contributed by atoms with Crippen molar-refractivity contribution in [2.24, 2.45) is 0 Å². The molecule has 0 spiro atoms. The molecule has 8 heavy (non-hydrogen) atoms. The molecular formula is C4H6ClNO2. The van der Waals surface area contributed by atoms with Gasteiger partial charge in [0.1, 0.15) is 0 Å². The molecule has 0 heterocycles. The lowest BCUT2D eigenvalue weighted by atomic mass is 10.6. The molecule has 0 fully saturated rings. The molecule has 0 aliphatic heterocycles. The van der Waals surface area contributed by atoms with E-state index in [0.29, 0.717) is 0 Å². The lowest BCUT2D eigenvalue weighted by molar-refractivity contribution is 0.195. The summed E-state index contributed by atoms with van der Waals surface area (Å²) in [7, 11) is 0. The Morgan fingerprint density at radius 3 is 2.88 bits per heavy atom. The highest BCUT2D eigenvalue weighted by Gasteiger charge is 1.85. The lowest BCUT2D eigenvalue weighted by Crippen LogP contribution is -2.20. The smallest absolute Gasteiger partial charge is 0.404 e. The topological polar surface area (TPSA) is 49.3 Å². The van der Waals surface area contributed by atoms with Gasteiger partial charge in [-0.05, 0) is 0 Å². The molecule has 0 aromatic carbocycles. The fourth-order valence-corrected chi connectivity index (χ4v) is 0.280. The molecule has 0 bridgehead atoms. The number of carboxylic acid groups (broad SMARTS) is 1. The quantitative estimate of drug-likeness (QED) is 0.594. The minimum Gasteiger partial charge on any atom is -0.465 e. The Morgan fingerprint density at radius 2 is 2.50 bits per heavy atom. The summed E-state index contributed by atoms with van der Waals surface area (Å²) in [6, 6.07) is 0. The van der Waals surface area contributed by atoms with E-state index in [2.05, 4.69) is 5.32 Å². The molecular weight excluding hydrogens is 130 g/mol. The summed E-state index contributed by atoms with van der Waals surface area (Å²) < 4.78 is 0. The molecule has 0 unspecified atom stereocenters. The van der Waals surface area contributed by atoms with Gasteiger partial charge in [0.25, 0.3) is 0 Å². The Morgan fingerprint density at radius 1 is 1.88 bits per heavy atom. The maximum Gasteiger partial charge on any atom is 0.404 e. The van der Waals surface area contributed by atoms with Crippen molar-refractivity contribution in [3.8, 4) is 0 Å². The van der Waals surface area contributed by atoms with E-state index >= 15 is 0 Å². The fourth-order valence-electron chi connectivity index (χ4n) is 0.191. The van der Waals surface area contributed by atoms with Crippen LogP contribution in [0.5, 0.6) is 0 Å². The van der Waals surface area contributed by atoms with Crippen molar-refractivity contribution < 1.29 is 9.90 Å². The molecule has 0 aromatic rings. The molecule has 0 saturated carbocycles. The number of hydrogen-bond donors (Lipinski definition) is 2. The van der Waals surface area contributed by atoms with Crippen molar-refractivity contribution in [1.29, 1.82) is 0 Å². The van der Waals surface area contributed by atoms with Gasteiger partial charge in [-0.1, -0.05) is 17.7 Å². The van der Waals surface area contributed by atoms with Crippen LogP contribution in [0.2, 0.25) is 0 Å². The molecule has 0 rings (SSSR count). The predicted molar refractivity (Wildman–Crippen MR) is 31.0 cm³/mol. The van der Waals surface area contributed by atoms with Gasteiger partial charge in [-0.2, -0.15) is 0 Å². The second-order valence-corrected chi connectivity index (χ2v) is 1.30. The first kappa shape index (κ1) is 7.30. The first-order valence-electron chi connectivity index (χ1n) is 1.99. The Kier molecular flexibility index (Phi) is 4.07. The fraction of sp³-hybridized carbons (Fsp3) is 0.250. The minimum atomic E-state index is -1.04. The molecule has 0 aliphatic carbocycles. The summed E-state index contributed by atoms with van der Waals surface area (Å²) in [6.07, 6.45) is 0.454. The Bertz CT molecular complexity index is 102. The highest BCUT2D eigenvalue weighted by atomic mass is 35.5. The Labute approximate surface area is 52.0 Å². The highest BCUT2D eigenvalue weighted by molar-refractivity contribution is 6.25. The summed E-state index contributed by atoms with van der Waals surface area (Å²) in [5.74, 6) is 0. The standard InChI is InChI=1S/C4H6ClNO2/c5-2-1-3-6-4(7)8/h1-2,6H,3H2,(H,7,8). The van der Waals surface area contributed by atoms with Crippen molar-refractivity contribution in [2.45, 2.75) is 0 Å². The number of hydrogen-bond acceptors (Lipinski definition) is 1. The first-order chi connectivity index (χ1) is 3.77. The molecule has 1 amide bonds. The van der Waals surface area contributed by atoms with Crippen LogP contribution in [-0.2, 0) is 0 Å². The zero-order chi connectivity index (χ0) is 6.41. The van der Waals surface area contributed by atoms with Crippen LogP contribution in [0.3, 0.4) is 0 Å². The monoisotopic (exact) mass is 135 g/mol. The van der Waals surface area contributed by atoms with Gasteiger partial charge in [-0.3, -0.25) is 0 Å². The third-order valence-corrected chi connectivity index (χ3v) is 0.638. The van der Waals surface area contributed by atoms with Crippen molar-refractivity contribution in [3.63, 3.8) is 0 Å². The van der Waals surface area contributed by atoms with Crippen molar-refractivity contribution in [3.05, 3.63) is 11.6 Å². The average molecular weight is 136 g/mol. The van der Waals surface area contributed by atoms with Crippen LogP contribution in [0.25, 0.3) is 0 Å². The van der Waals surface area contributed by atoms with Crippen molar-refractivity contribution in [2.75, 3.05) is 6.54 Å². The van der Waals surface area contributed by atoms with Gasteiger partial charge in [-0.25, -0.2) is 4.79 Å². The van der Waals surface area contributed by atoms with Crippen LogP contribution in [0.4, 0.5) is 4.79 Å². The number of nitrogens with one attached hydrogen (secondary N) is 1. The maximum absolute atomic E-state index is 9.69. The second kappa shape index (κ2) is 4.46. The van der Waals surface area contributed by atoms with Gasteiger partial charge in [-0.15, -0.1) is 0 Å². The van der Waals surface area contributed by atoms with E-state index in [1.54, 1.807) is 0 Å². The lowest BCUT2D eigenvalue weighted by Gasteiger charge is -1.89. The van der Waals surface area contributed by atoms with Gasteiger partial charge in [0, 0.05) is 12.1 Å². The minimum absolute atomic E-state index is 0.263. The second-order valence-electron chi connectivity index (χ2n) is 1.05. The largest absolute Gasteiger partial charge is 0.465 e. The van der Waals surface area contributed by atoms with E-state index in [-0.39, 0.29) is 6.54 Å². The molecule has 3 nitrogen and oxygen atoms in total. The van der Waals surface area contributed by atoms with E-state index in [1.807, 2.05) is 0 Å². The summed E-state index contributed by atoms with van der Waals surface area (Å²) in [5.41, 5.74) is 1.26. The van der Waals surface area contributed by atoms with Crippen molar-refractivity contribution >= 4 is 17.7 Å². The molecule has 4 heteroatoms. The van der Waals surface area contributed by atoms with Crippen LogP contribution in [-0.4, -0.2) is 17.7 Å². The van der Waals surface area contributed by atoms with Crippen LogP contribution in [0, 0.1) is 0 Å². The molecule has 0 aliphatic rings. The summed E-state index contributed by atoms with van der Waals surface area (Å²) in [5, 5.41) is 10.0. The van der Waals surface area contributed by atoms with Crippen LogP contribution < -0.4 is 5.32 Å². The van der Waals surface area contributed by atoms with E-state index in [1.165, 1.54) is 11.6 Å². The van der Waals surface area contributed by atoms with E-state index < -0.39 is 6.09 Å². The zero-order valence-electron chi connectivity index (χ0n) is 4.10. The first-order valence-corrected chi connectivity index (χ1v) is 2.43. The van der Waals surface area contributed by atoms with E-state index in [0.717, 1.165) is 0 Å². The molecule has 0 atom stereocenters. The van der Waals surface area contributed by atoms with Gasteiger partial charge in [0.05, 0.1) is 0 Å². The predicted octanol–water partition coefficient (Wildman–Crippen LogP) is 1.01. The SMILES string of the molecule is O=C(O)NCC=CCl. The molecule has 0 radical (unpaired) electrons. The summed E-state index contributed by atoms with van der Waals surface area (Å²) >= 11 is 5.07. The van der Waals surface area contributed by atoms with Gasteiger partial charge >= 0.3 is 6.09 Å². The molecule has 2 N–H and O–H groups in total. The van der Waals surface area contributed by atoms with Gasteiger partial charge in [0.2, 0.25) is 0 Å². The summed E-state index contributed by atoms with van der Waals surface area (Å²) in [6.45, 7) is 0.263. The van der Waals surface area contributed by atoms with Crippen molar-refractivity contribution in [1.82, 2.24) is 5.32 Å². The van der Waals surface area contributed by atoms with Gasteiger partial charge < -0.3 is 10.4 Å². The van der Waals surface area contributed by atoms with Crippen LogP contribution in [0.1, 0.15) is 0 Å². The third-order valence-electron chi connectivity index (χ3n) is 0.460.